The highest BCUT2D eigenvalue weighted by atomic mass is 32.2. The minimum atomic E-state index is -3.87. The number of benzene rings is 1. The predicted molar refractivity (Wildman–Crippen MR) is 105 cm³/mol. The topological polar surface area (TPSA) is 105 Å². The van der Waals surface area contributed by atoms with E-state index in [1.54, 1.807) is 0 Å². The summed E-state index contributed by atoms with van der Waals surface area (Å²) in [5, 5.41) is 6.36. The van der Waals surface area contributed by atoms with Crippen molar-refractivity contribution in [3.8, 4) is 0 Å². The molecule has 0 unspecified atom stereocenters. The Hall–Kier alpha value is -2.39. The standard InChI is InChI=1S/C18H26N4O4S/c1-6-22(7-2)15-8-9-16(12(3)10-15)20-17(23)11-19-27(24,25)18-13(4)21-26-14(18)5/h8-10,19H,6-7,11H2,1-5H3,(H,20,23). The summed E-state index contributed by atoms with van der Waals surface area (Å²) >= 11 is 0. The second-order valence-corrected chi connectivity index (χ2v) is 7.90. The van der Waals surface area contributed by atoms with Crippen LogP contribution in [0.15, 0.2) is 27.6 Å². The van der Waals surface area contributed by atoms with Gasteiger partial charge in [-0.1, -0.05) is 5.16 Å². The van der Waals surface area contributed by atoms with Gasteiger partial charge >= 0.3 is 0 Å². The monoisotopic (exact) mass is 394 g/mol. The van der Waals surface area contributed by atoms with Gasteiger partial charge in [0.15, 0.2) is 5.76 Å². The van der Waals surface area contributed by atoms with E-state index in [1.807, 2.05) is 25.1 Å². The van der Waals surface area contributed by atoms with Crippen LogP contribution in [-0.4, -0.2) is 39.1 Å². The third-order valence-corrected chi connectivity index (χ3v) is 5.92. The van der Waals surface area contributed by atoms with Gasteiger partial charge in [-0.2, -0.15) is 0 Å². The van der Waals surface area contributed by atoms with Gasteiger partial charge in [0.1, 0.15) is 10.6 Å². The Morgan fingerprint density at radius 2 is 1.85 bits per heavy atom. The summed E-state index contributed by atoms with van der Waals surface area (Å²) in [5.74, 6) is -0.271. The number of carbonyl (C=O) groups is 1. The molecule has 0 aliphatic carbocycles. The number of hydrogen-bond acceptors (Lipinski definition) is 6. The molecule has 0 saturated carbocycles. The van der Waals surface area contributed by atoms with E-state index in [0.29, 0.717) is 5.69 Å². The Labute approximate surface area is 160 Å². The molecule has 0 saturated heterocycles. The molecule has 9 heteroatoms. The predicted octanol–water partition coefficient (Wildman–Crippen LogP) is 2.36. The zero-order valence-electron chi connectivity index (χ0n) is 16.3. The summed E-state index contributed by atoms with van der Waals surface area (Å²) in [6, 6.07) is 5.75. The molecule has 8 nitrogen and oxygen atoms in total. The van der Waals surface area contributed by atoms with E-state index in [0.717, 1.165) is 24.3 Å². The molecular formula is C18H26N4O4S. The fourth-order valence-electron chi connectivity index (χ4n) is 2.86. The molecule has 148 valence electrons. The fourth-order valence-corrected chi connectivity index (χ4v) is 4.17. The maximum absolute atomic E-state index is 12.3. The van der Waals surface area contributed by atoms with Crippen LogP contribution in [0.2, 0.25) is 0 Å². The first-order chi connectivity index (χ1) is 12.7. The van der Waals surface area contributed by atoms with Crippen molar-refractivity contribution < 1.29 is 17.7 Å². The summed E-state index contributed by atoms with van der Waals surface area (Å²) in [6.07, 6.45) is 0. The van der Waals surface area contributed by atoms with Crippen LogP contribution >= 0.6 is 0 Å². The Kier molecular flexibility index (Phi) is 6.61. The van der Waals surface area contributed by atoms with E-state index in [2.05, 4.69) is 33.9 Å². The molecule has 0 spiro atoms. The fraction of sp³-hybridized carbons (Fsp3) is 0.444. The quantitative estimate of drug-likeness (QED) is 0.712. The highest BCUT2D eigenvalue weighted by molar-refractivity contribution is 7.89. The van der Waals surface area contributed by atoms with Crippen molar-refractivity contribution in [3.05, 3.63) is 35.2 Å². The van der Waals surface area contributed by atoms with Gasteiger partial charge in [-0.25, -0.2) is 13.1 Å². The van der Waals surface area contributed by atoms with E-state index >= 15 is 0 Å². The van der Waals surface area contributed by atoms with E-state index < -0.39 is 15.9 Å². The van der Waals surface area contributed by atoms with Crippen molar-refractivity contribution in [3.63, 3.8) is 0 Å². The van der Waals surface area contributed by atoms with Crippen molar-refractivity contribution in [2.24, 2.45) is 0 Å². The van der Waals surface area contributed by atoms with Gasteiger partial charge in [-0.05, 0) is 58.4 Å². The number of aromatic nitrogens is 1. The molecular weight excluding hydrogens is 368 g/mol. The smallest absolute Gasteiger partial charge is 0.246 e. The first-order valence-electron chi connectivity index (χ1n) is 8.77. The minimum absolute atomic E-state index is 0.0324. The van der Waals surface area contributed by atoms with Gasteiger partial charge in [0.05, 0.1) is 6.54 Å². The zero-order valence-corrected chi connectivity index (χ0v) is 17.1. The average Bonchev–Trinajstić information content (AvgIpc) is 2.96. The van der Waals surface area contributed by atoms with Crippen molar-refractivity contribution >= 4 is 27.3 Å². The molecule has 0 aliphatic heterocycles. The van der Waals surface area contributed by atoms with Gasteiger partial charge in [0.25, 0.3) is 0 Å². The van der Waals surface area contributed by atoms with Crippen molar-refractivity contribution in [2.75, 3.05) is 29.9 Å². The van der Waals surface area contributed by atoms with E-state index in [-0.39, 0.29) is 22.9 Å². The largest absolute Gasteiger partial charge is 0.372 e. The number of nitrogens with one attached hydrogen (secondary N) is 2. The van der Waals surface area contributed by atoms with Crippen molar-refractivity contribution in [1.82, 2.24) is 9.88 Å². The van der Waals surface area contributed by atoms with Gasteiger partial charge in [-0.15, -0.1) is 0 Å². The number of aryl methyl sites for hydroxylation is 3. The number of amides is 1. The molecule has 0 fully saturated rings. The SMILES string of the molecule is CCN(CC)c1ccc(NC(=O)CNS(=O)(=O)c2c(C)noc2C)c(C)c1. The molecule has 2 aromatic rings. The van der Waals surface area contributed by atoms with Crippen LogP contribution in [0.1, 0.15) is 30.9 Å². The molecule has 0 atom stereocenters. The number of carbonyl (C=O) groups excluding carboxylic acids is 1. The van der Waals surface area contributed by atoms with Crippen LogP contribution in [0, 0.1) is 20.8 Å². The van der Waals surface area contributed by atoms with Gasteiger partial charge < -0.3 is 14.7 Å². The lowest BCUT2D eigenvalue weighted by molar-refractivity contribution is -0.115. The molecule has 1 heterocycles. The van der Waals surface area contributed by atoms with Crippen LogP contribution in [0.4, 0.5) is 11.4 Å². The minimum Gasteiger partial charge on any atom is -0.372 e. The Balaban J connectivity index is 2.04. The number of hydrogen-bond donors (Lipinski definition) is 2. The van der Waals surface area contributed by atoms with Crippen LogP contribution in [0.5, 0.6) is 0 Å². The van der Waals surface area contributed by atoms with Gasteiger partial charge in [0.2, 0.25) is 15.9 Å². The highest BCUT2D eigenvalue weighted by Crippen LogP contribution is 2.23. The normalized spacial score (nSPS) is 11.4. The van der Waals surface area contributed by atoms with Crippen molar-refractivity contribution in [2.45, 2.75) is 39.5 Å². The second-order valence-electron chi connectivity index (χ2n) is 6.20. The molecule has 1 aromatic heterocycles. The maximum atomic E-state index is 12.3. The average molecular weight is 394 g/mol. The van der Waals surface area contributed by atoms with Crippen LogP contribution in [0.3, 0.4) is 0 Å². The summed E-state index contributed by atoms with van der Waals surface area (Å²) in [5.41, 5.74) is 2.88. The van der Waals surface area contributed by atoms with Crippen LogP contribution in [0.25, 0.3) is 0 Å². The molecule has 0 radical (unpaired) electrons. The molecule has 2 N–H and O–H groups in total. The summed E-state index contributed by atoms with van der Waals surface area (Å²) in [4.78, 5) is 14.4. The zero-order chi connectivity index (χ0) is 20.2. The number of sulfonamides is 1. The Bertz CT molecular complexity index is 898. The lowest BCUT2D eigenvalue weighted by Crippen LogP contribution is -2.33. The van der Waals surface area contributed by atoms with E-state index in [4.69, 9.17) is 4.52 Å². The highest BCUT2D eigenvalue weighted by Gasteiger charge is 2.24. The van der Waals surface area contributed by atoms with Crippen LogP contribution in [-0.2, 0) is 14.8 Å². The molecule has 2 rings (SSSR count). The van der Waals surface area contributed by atoms with Gasteiger partial charge in [-0.3, -0.25) is 4.79 Å². The first-order valence-corrected chi connectivity index (χ1v) is 10.3. The first kappa shape index (κ1) is 20.9. The summed E-state index contributed by atoms with van der Waals surface area (Å²) in [6.45, 7) is 10.5. The van der Waals surface area contributed by atoms with E-state index in [1.165, 1.54) is 13.8 Å². The van der Waals surface area contributed by atoms with Crippen LogP contribution < -0.4 is 14.9 Å². The third kappa shape index (κ3) is 4.86. The molecule has 1 amide bonds. The van der Waals surface area contributed by atoms with E-state index in [9.17, 15) is 13.2 Å². The third-order valence-electron chi connectivity index (χ3n) is 4.27. The maximum Gasteiger partial charge on any atom is 0.246 e. The molecule has 1 aromatic carbocycles. The summed E-state index contributed by atoms with van der Waals surface area (Å²) in [7, 11) is -3.87. The Morgan fingerprint density at radius 1 is 1.19 bits per heavy atom. The number of anilines is 2. The number of rotatable bonds is 8. The van der Waals surface area contributed by atoms with Gasteiger partial charge in [0, 0.05) is 24.5 Å². The number of nitrogens with zero attached hydrogens (tertiary/aromatic N) is 2. The lowest BCUT2D eigenvalue weighted by atomic mass is 10.1. The molecule has 0 bridgehead atoms. The summed E-state index contributed by atoms with van der Waals surface area (Å²) < 4.78 is 31.9. The molecule has 27 heavy (non-hydrogen) atoms. The molecule has 0 aliphatic rings. The lowest BCUT2D eigenvalue weighted by Gasteiger charge is -2.22. The Morgan fingerprint density at radius 3 is 2.37 bits per heavy atom. The second kappa shape index (κ2) is 8.53. The van der Waals surface area contributed by atoms with Crippen molar-refractivity contribution in [1.29, 1.82) is 0 Å².